The Bertz CT molecular complexity index is 1080. The smallest absolute Gasteiger partial charge is 0.255 e. The number of para-hydroxylation sites is 1. The van der Waals surface area contributed by atoms with Crippen LogP contribution in [0.25, 0.3) is 11.0 Å². The van der Waals surface area contributed by atoms with Crippen molar-refractivity contribution < 1.29 is 4.42 Å². The molecule has 0 fully saturated rings. The lowest BCUT2D eigenvalue weighted by Crippen LogP contribution is -2.36. The molecule has 1 N–H and O–H groups in total. The summed E-state index contributed by atoms with van der Waals surface area (Å²) in [6.07, 6.45) is 2.24. The Morgan fingerprint density at radius 3 is 2.88 bits per heavy atom. The Hall–Kier alpha value is -2.73. The first-order valence-electron chi connectivity index (χ1n) is 8.86. The summed E-state index contributed by atoms with van der Waals surface area (Å²) in [7, 11) is 0. The zero-order valence-corrected chi connectivity index (χ0v) is 14.9. The minimum Gasteiger partial charge on any atom is -0.464 e. The minimum atomic E-state index is -0.0751. The molecule has 26 heavy (non-hydrogen) atoms. The van der Waals surface area contributed by atoms with E-state index in [1.807, 2.05) is 26.0 Å². The standard InChI is InChI=1S/C20H21N3O3/c1-12(2)19-21-16-7-8-23(10-15(16)20(25)22-19)9-13-11-26-17-6-4-3-5-14(17)18(13)24/h3-6,11-12H,7-10H2,1-2H3,(H,21,22,25). The number of fused-ring (bicyclic) bond motifs is 2. The van der Waals surface area contributed by atoms with Gasteiger partial charge in [-0.1, -0.05) is 26.0 Å². The second-order valence-corrected chi connectivity index (χ2v) is 7.08. The van der Waals surface area contributed by atoms with Crippen molar-refractivity contribution >= 4 is 11.0 Å². The number of benzene rings is 1. The number of hydrogen-bond acceptors (Lipinski definition) is 5. The molecule has 0 saturated heterocycles. The van der Waals surface area contributed by atoms with Gasteiger partial charge in [0, 0.05) is 37.5 Å². The zero-order valence-electron chi connectivity index (χ0n) is 14.9. The molecule has 0 amide bonds. The van der Waals surface area contributed by atoms with E-state index in [0.29, 0.717) is 41.6 Å². The van der Waals surface area contributed by atoms with Crippen LogP contribution in [-0.2, 0) is 19.5 Å². The predicted molar refractivity (Wildman–Crippen MR) is 99.2 cm³/mol. The molecule has 0 atom stereocenters. The van der Waals surface area contributed by atoms with Crippen molar-refractivity contribution in [2.45, 2.75) is 39.3 Å². The monoisotopic (exact) mass is 351 g/mol. The van der Waals surface area contributed by atoms with Gasteiger partial charge in [-0.2, -0.15) is 0 Å². The van der Waals surface area contributed by atoms with E-state index in [-0.39, 0.29) is 16.9 Å². The molecule has 2 aromatic heterocycles. The van der Waals surface area contributed by atoms with Crippen molar-refractivity contribution in [2.24, 2.45) is 0 Å². The maximum Gasteiger partial charge on any atom is 0.255 e. The van der Waals surface area contributed by atoms with Crippen LogP contribution in [0.1, 0.15) is 42.4 Å². The van der Waals surface area contributed by atoms with E-state index < -0.39 is 0 Å². The van der Waals surface area contributed by atoms with E-state index in [0.717, 1.165) is 18.1 Å². The molecule has 0 saturated carbocycles. The molecule has 3 aromatic rings. The summed E-state index contributed by atoms with van der Waals surface area (Å²) in [5.41, 5.74) is 2.68. The second-order valence-electron chi connectivity index (χ2n) is 7.08. The molecule has 4 rings (SSSR count). The van der Waals surface area contributed by atoms with Crippen LogP contribution in [0.4, 0.5) is 0 Å². The molecule has 1 aliphatic rings. The predicted octanol–water partition coefficient (Wildman–Crippen LogP) is 2.56. The third kappa shape index (κ3) is 2.97. The summed E-state index contributed by atoms with van der Waals surface area (Å²) in [5.74, 6) is 0.922. The van der Waals surface area contributed by atoms with E-state index >= 15 is 0 Å². The van der Waals surface area contributed by atoms with Gasteiger partial charge in [0.25, 0.3) is 5.56 Å². The van der Waals surface area contributed by atoms with Gasteiger partial charge in [0.15, 0.2) is 5.43 Å². The van der Waals surface area contributed by atoms with Crippen molar-refractivity contribution in [1.29, 1.82) is 0 Å². The van der Waals surface area contributed by atoms with Gasteiger partial charge in [-0.3, -0.25) is 14.5 Å². The van der Waals surface area contributed by atoms with Crippen LogP contribution in [0.2, 0.25) is 0 Å². The minimum absolute atomic E-state index is 0.0140. The summed E-state index contributed by atoms with van der Waals surface area (Å²) >= 11 is 0. The number of aromatic nitrogens is 2. The Morgan fingerprint density at radius 1 is 1.27 bits per heavy atom. The molecule has 0 unspecified atom stereocenters. The van der Waals surface area contributed by atoms with Crippen LogP contribution in [0.5, 0.6) is 0 Å². The number of hydrogen-bond donors (Lipinski definition) is 1. The van der Waals surface area contributed by atoms with E-state index in [9.17, 15) is 9.59 Å². The van der Waals surface area contributed by atoms with Crippen molar-refractivity contribution in [2.75, 3.05) is 6.54 Å². The average molecular weight is 351 g/mol. The highest BCUT2D eigenvalue weighted by Crippen LogP contribution is 2.18. The first kappa shape index (κ1) is 16.7. The van der Waals surface area contributed by atoms with Crippen LogP contribution in [0.15, 0.2) is 44.5 Å². The van der Waals surface area contributed by atoms with E-state index in [2.05, 4.69) is 14.9 Å². The molecule has 0 radical (unpaired) electrons. The molecule has 134 valence electrons. The van der Waals surface area contributed by atoms with Crippen LogP contribution >= 0.6 is 0 Å². The highest BCUT2D eigenvalue weighted by molar-refractivity contribution is 5.76. The Morgan fingerprint density at radius 2 is 2.08 bits per heavy atom. The third-order valence-electron chi connectivity index (χ3n) is 4.86. The summed E-state index contributed by atoms with van der Waals surface area (Å²) in [6, 6.07) is 7.24. The molecule has 1 aliphatic heterocycles. The van der Waals surface area contributed by atoms with E-state index in [1.165, 1.54) is 6.26 Å². The van der Waals surface area contributed by atoms with Gasteiger partial charge in [0.05, 0.1) is 22.9 Å². The van der Waals surface area contributed by atoms with Crippen molar-refractivity contribution in [3.63, 3.8) is 0 Å². The fourth-order valence-corrected chi connectivity index (χ4v) is 3.38. The Balaban J connectivity index is 1.61. The van der Waals surface area contributed by atoms with Gasteiger partial charge in [0.1, 0.15) is 11.4 Å². The molecule has 0 spiro atoms. The highest BCUT2D eigenvalue weighted by atomic mass is 16.3. The summed E-state index contributed by atoms with van der Waals surface area (Å²) in [4.78, 5) is 34.7. The maximum atomic E-state index is 12.7. The fraction of sp³-hybridized carbons (Fsp3) is 0.350. The second kappa shape index (κ2) is 6.53. The third-order valence-corrected chi connectivity index (χ3v) is 4.86. The SMILES string of the molecule is CC(C)c1nc2c(c(=O)[nH]1)CN(Cc1coc3ccccc3c1=O)CC2. The molecule has 6 nitrogen and oxygen atoms in total. The number of aromatic amines is 1. The largest absolute Gasteiger partial charge is 0.464 e. The molecule has 3 heterocycles. The number of rotatable bonds is 3. The molecule has 1 aromatic carbocycles. The van der Waals surface area contributed by atoms with Gasteiger partial charge in [-0.05, 0) is 12.1 Å². The van der Waals surface area contributed by atoms with Gasteiger partial charge in [-0.25, -0.2) is 4.98 Å². The zero-order chi connectivity index (χ0) is 18.3. The Kier molecular flexibility index (Phi) is 4.20. The molecular formula is C20H21N3O3. The lowest BCUT2D eigenvalue weighted by molar-refractivity contribution is 0.239. The first-order valence-corrected chi connectivity index (χ1v) is 8.86. The molecule has 0 bridgehead atoms. The highest BCUT2D eigenvalue weighted by Gasteiger charge is 2.22. The summed E-state index contributed by atoms with van der Waals surface area (Å²) in [5, 5.41) is 0.587. The average Bonchev–Trinajstić information content (AvgIpc) is 2.64. The van der Waals surface area contributed by atoms with Crippen molar-refractivity contribution in [3.8, 4) is 0 Å². The molecule has 6 heteroatoms. The lowest BCUT2D eigenvalue weighted by Gasteiger charge is -2.27. The van der Waals surface area contributed by atoms with Crippen LogP contribution in [-0.4, -0.2) is 21.4 Å². The Labute approximate surface area is 150 Å². The first-order chi connectivity index (χ1) is 12.5. The number of nitrogens with one attached hydrogen (secondary N) is 1. The van der Waals surface area contributed by atoms with Crippen molar-refractivity contribution in [3.05, 3.63) is 73.8 Å². The van der Waals surface area contributed by atoms with Crippen LogP contribution in [0, 0.1) is 0 Å². The fourth-order valence-electron chi connectivity index (χ4n) is 3.38. The van der Waals surface area contributed by atoms with E-state index in [1.54, 1.807) is 12.1 Å². The number of nitrogens with zero attached hydrogens (tertiary/aromatic N) is 2. The topological polar surface area (TPSA) is 79.2 Å². The van der Waals surface area contributed by atoms with Gasteiger partial charge in [0.2, 0.25) is 0 Å². The normalized spacial score (nSPS) is 14.7. The van der Waals surface area contributed by atoms with Crippen molar-refractivity contribution in [1.82, 2.24) is 14.9 Å². The summed E-state index contributed by atoms with van der Waals surface area (Å²) < 4.78 is 5.59. The van der Waals surface area contributed by atoms with E-state index in [4.69, 9.17) is 4.42 Å². The maximum absolute atomic E-state index is 12.7. The van der Waals surface area contributed by atoms with Gasteiger partial charge >= 0.3 is 0 Å². The van der Waals surface area contributed by atoms with Crippen LogP contribution < -0.4 is 11.0 Å². The molecule has 0 aliphatic carbocycles. The number of H-pyrrole nitrogens is 1. The lowest BCUT2D eigenvalue weighted by atomic mass is 10.0. The quantitative estimate of drug-likeness (QED) is 0.784. The van der Waals surface area contributed by atoms with Gasteiger partial charge in [-0.15, -0.1) is 0 Å². The molecular weight excluding hydrogens is 330 g/mol. The van der Waals surface area contributed by atoms with Crippen LogP contribution in [0.3, 0.4) is 0 Å². The van der Waals surface area contributed by atoms with Gasteiger partial charge < -0.3 is 9.40 Å². The summed E-state index contributed by atoms with van der Waals surface area (Å²) in [6.45, 7) is 5.73.